The fourth-order valence-corrected chi connectivity index (χ4v) is 4.59. The zero-order valence-corrected chi connectivity index (χ0v) is 14.9. The van der Waals surface area contributed by atoms with Crippen LogP contribution in [0.2, 0.25) is 0 Å². The average molecular weight is 337 g/mol. The second-order valence-electron chi connectivity index (χ2n) is 6.88. The van der Waals surface area contributed by atoms with Gasteiger partial charge in [-0.25, -0.2) is 4.79 Å². The number of piperidine rings is 1. The SMILES string of the molecule is CN(C)[C@H](CNC(=O)N[C@@H]1CCN2CCCC[C@H]12)c1ccsc1. The highest BCUT2D eigenvalue weighted by Gasteiger charge is 2.36. The van der Waals surface area contributed by atoms with Crippen molar-refractivity contribution in [1.29, 1.82) is 0 Å². The van der Waals surface area contributed by atoms with Gasteiger partial charge in [0.2, 0.25) is 0 Å². The number of hydrogen-bond acceptors (Lipinski definition) is 4. The maximum Gasteiger partial charge on any atom is 0.315 e. The van der Waals surface area contributed by atoms with Gasteiger partial charge in [0.25, 0.3) is 0 Å². The molecule has 0 spiro atoms. The first-order valence-electron chi connectivity index (χ1n) is 8.62. The second kappa shape index (κ2) is 7.64. The minimum Gasteiger partial charge on any atom is -0.336 e. The van der Waals surface area contributed by atoms with Crippen LogP contribution < -0.4 is 10.6 Å². The van der Waals surface area contributed by atoms with Gasteiger partial charge in [-0.15, -0.1) is 0 Å². The Bertz CT molecular complexity index is 505. The highest BCUT2D eigenvalue weighted by atomic mass is 32.1. The number of carbonyl (C=O) groups is 1. The Morgan fingerprint density at radius 2 is 2.26 bits per heavy atom. The Kier molecular flexibility index (Phi) is 5.56. The number of fused-ring (bicyclic) bond motifs is 1. The first-order valence-corrected chi connectivity index (χ1v) is 9.56. The molecule has 2 saturated heterocycles. The number of hydrogen-bond donors (Lipinski definition) is 2. The molecule has 2 amide bonds. The first-order chi connectivity index (χ1) is 11.1. The third-order valence-electron chi connectivity index (χ3n) is 5.18. The van der Waals surface area contributed by atoms with E-state index in [9.17, 15) is 4.79 Å². The van der Waals surface area contributed by atoms with Crippen LogP contribution in [0.1, 0.15) is 37.3 Å². The van der Waals surface area contributed by atoms with E-state index in [0.29, 0.717) is 18.6 Å². The highest BCUT2D eigenvalue weighted by molar-refractivity contribution is 7.07. The van der Waals surface area contributed by atoms with Crippen molar-refractivity contribution in [2.75, 3.05) is 33.7 Å². The van der Waals surface area contributed by atoms with Gasteiger partial charge in [0.15, 0.2) is 0 Å². The zero-order valence-electron chi connectivity index (χ0n) is 14.1. The quantitative estimate of drug-likeness (QED) is 0.867. The molecule has 2 N–H and O–H groups in total. The molecule has 2 aliphatic heterocycles. The van der Waals surface area contributed by atoms with Crippen LogP contribution >= 0.6 is 11.3 Å². The third kappa shape index (κ3) is 4.05. The molecule has 0 saturated carbocycles. The van der Waals surface area contributed by atoms with Crippen LogP contribution in [-0.4, -0.2) is 61.6 Å². The van der Waals surface area contributed by atoms with Crippen molar-refractivity contribution >= 4 is 17.4 Å². The summed E-state index contributed by atoms with van der Waals surface area (Å²) >= 11 is 1.70. The van der Waals surface area contributed by atoms with Gasteiger partial charge in [-0.2, -0.15) is 11.3 Å². The molecule has 0 unspecified atom stereocenters. The number of urea groups is 1. The molecule has 128 valence electrons. The van der Waals surface area contributed by atoms with Crippen molar-refractivity contribution < 1.29 is 4.79 Å². The molecule has 5 nitrogen and oxygen atoms in total. The van der Waals surface area contributed by atoms with Gasteiger partial charge in [-0.05, 0) is 62.3 Å². The lowest BCUT2D eigenvalue weighted by Gasteiger charge is -2.32. The molecule has 3 rings (SSSR count). The lowest BCUT2D eigenvalue weighted by atomic mass is 9.99. The van der Waals surface area contributed by atoms with Crippen LogP contribution in [0.25, 0.3) is 0 Å². The van der Waals surface area contributed by atoms with Crippen molar-refractivity contribution in [1.82, 2.24) is 20.4 Å². The molecule has 3 heterocycles. The largest absolute Gasteiger partial charge is 0.336 e. The summed E-state index contributed by atoms with van der Waals surface area (Å²) in [6.45, 7) is 2.97. The van der Waals surface area contributed by atoms with Gasteiger partial charge in [-0.1, -0.05) is 6.42 Å². The molecule has 1 aromatic rings. The Morgan fingerprint density at radius 3 is 3.00 bits per heavy atom. The van der Waals surface area contributed by atoms with Gasteiger partial charge in [0.05, 0.1) is 6.04 Å². The summed E-state index contributed by atoms with van der Waals surface area (Å²) in [5.41, 5.74) is 1.26. The van der Waals surface area contributed by atoms with E-state index in [1.165, 1.54) is 31.4 Å². The minimum atomic E-state index is -0.0236. The number of thiophene rings is 1. The molecular formula is C17H28N4OS. The molecule has 0 aliphatic carbocycles. The normalized spacial score (nSPS) is 26.0. The van der Waals surface area contributed by atoms with E-state index in [1.54, 1.807) is 11.3 Å². The summed E-state index contributed by atoms with van der Waals surface area (Å²) in [5, 5.41) is 10.5. The second-order valence-corrected chi connectivity index (χ2v) is 7.66. The van der Waals surface area contributed by atoms with Gasteiger partial charge in [0, 0.05) is 25.2 Å². The molecule has 0 bridgehead atoms. The van der Waals surface area contributed by atoms with Crippen molar-refractivity contribution in [2.45, 2.75) is 43.8 Å². The Morgan fingerprint density at radius 1 is 1.39 bits per heavy atom. The predicted octanol–water partition coefficient (Wildman–Crippen LogP) is 2.28. The van der Waals surface area contributed by atoms with E-state index >= 15 is 0 Å². The van der Waals surface area contributed by atoms with E-state index in [0.717, 1.165) is 13.0 Å². The molecule has 1 aromatic heterocycles. The maximum absolute atomic E-state index is 12.3. The summed E-state index contributed by atoms with van der Waals surface area (Å²) in [5.74, 6) is 0. The van der Waals surface area contributed by atoms with Crippen LogP contribution in [0.3, 0.4) is 0 Å². The molecule has 0 radical (unpaired) electrons. The summed E-state index contributed by atoms with van der Waals surface area (Å²) in [7, 11) is 4.11. The lowest BCUT2D eigenvalue weighted by Crippen LogP contribution is -2.50. The van der Waals surface area contributed by atoms with Crippen molar-refractivity contribution in [3.05, 3.63) is 22.4 Å². The summed E-state index contributed by atoms with van der Waals surface area (Å²) in [4.78, 5) is 17.0. The third-order valence-corrected chi connectivity index (χ3v) is 5.88. The van der Waals surface area contributed by atoms with E-state index < -0.39 is 0 Å². The van der Waals surface area contributed by atoms with Crippen LogP contribution in [0.15, 0.2) is 16.8 Å². The molecule has 2 fully saturated rings. The van der Waals surface area contributed by atoms with Crippen LogP contribution in [-0.2, 0) is 0 Å². The Labute approximate surface area is 143 Å². The summed E-state index contributed by atoms with van der Waals surface area (Å²) in [6, 6.07) is 3.20. The highest BCUT2D eigenvalue weighted by Crippen LogP contribution is 2.27. The van der Waals surface area contributed by atoms with Crippen molar-refractivity contribution in [2.24, 2.45) is 0 Å². The van der Waals surface area contributed by atoms with Crippen LogP contribution in [0.4, 0.5) is 4.79 Å². The fourth-order valence-electron chi connectivity index (χ4n) is 3.89. The fraction of sp³-hybridized carbons (Fsp3) is 0.706. The first kappa shape index (κ1) is 16.7. The van der Waals surface area contributed by atoms with E-state index in [2.05, 4.69) is 51.4 Å². The van der Waals surface area contributed by atoms with E-state index in [4.69, 9.17) is 0 Å². The molecule has 2 aliphatic rings. The van der Waals surface area contributed by atoms with Crippen LogP contribution in [0.5, 0.6) is 0 Å². The number of amides is 2. The average Bonchev–Trinajstić information content (AvgIpc) is 3.18. The predicted molar refractivity (Wildman–Crippen MR) is 94.9 cm³/mol. The molecule has 3 atom stereocenters. The number of likely N-dealkylation sites (N-methyl/N-ethyl adjacent to an activating group) is 1. The van der Waals surface area contributed by atoms with Crippen molar-refractivity contribution in [3.63, 3.8) is 0 Å². The van der Waals surface area contributed by atoms with Gasteiger partial charge >= 0.3 is 6.03 Å². The number of rotatable bonds is 5. The van der Waals surface area contributed by atoms with Crippen LogP contribution in [0, 0.1) is 0 Å². The standard InChI is InChI=1S/C17H28N4OS/c1-20(2)16(13-7-10-23-12-13)11-18-17(22)19-14-6-9-21-8-4-3-5-15(14)21/h7,10,12,14-16H,3-6,8-9,11H2,1-2H3,(H2,18,19,22)/t14-,15-,16-/m1/s1. The smallest absolute Gasteiger partial charge is 0.315 e. The maximum atomic E-state index is 12.3. The monoisotopic (exact) mass is 336 g/mol. The number of nitrogens with zero attached hydrogens (tertiary/aromatic N) is 2. The summed E-state index contributed by atoms with van der Waals surface area (Å²) < 4.78 is 0. The number of carbonyl (C=O) groups excluding carboxylic acids is 1. The van der Waals surface area contributed by atoms with Gasteiger partial charge in [-0.3, -0.25) is 4.90 Å². The molecule has 6 heteroatoms. The van der Waals surface area contributed by atoms with E-state index in [1.807, 2.05) is 0 Å². The summed E-state index contributed by atoms with van der Waals surface area (Å²) in [6.07, 6.45) is 4.91. The Hall–Kier alpha value is -1.11. The van der Waals surface area contributed by atoms with E-state index in [-0.39, 0.29) is 12.1 Å². The minimum absolute atomic E-state index is 0.0236. The zero-order chi connectivity index (χ0) is 16.2. The topological polar surface area (TPSA) is 47.6 Å². The van der Waals surface area contributed by atoms with Gasteiger partial charge in [0.1, 0.15) is 0 Å². The number of nitrogens with one attached hydrogen (secondary N) is 2. The lowest BCUT2D eigenvalue weighted by molar-refractivity contribution is 0.178. The Balaban J connectivity index is 1.49. The molecular weight excluding hydrogens is 308 g/mol. The molecule has 0 aromatic carbocycles. The van der Waals surface area contributed by atoms with Crippen molar-refractivity contribution in [3.8, 4) is 0 Å². The molecule has 23 heavy (non-hydrogen) atoms. The van der Waals surface area contributed by atoms with Gasteiger partial charge < -0.3 is 15.5 Å².